The van der Waals surface area contributed by atoms with Crippen molar-refractivity contribution in [3.05, 3.63) is 54.6 Å². The highest BCUT2D eigenvalue weighted by Crippen LogP contribution is 2.27. The van der Waals surface area contributed by atoms with Gasteiger partial charge in [-0.25, -0.2) is 0 Å². The van der Waals surface area contributed by atoms with Gasteiger partial charge in [-0.05, 0) is 34.8 Å². The second kappa shape index (κ2) is 6.39. The molecule has 0 amide bonds. The third kappa shape index (κ3) is 3.01. The summed E-state index contributed by atoms with van der Waals surface area (Å²) >= 11 is 0. The van der Waals surface area contributed by atoms with E-state index in [2.05, 4.69) is 56.0 Å². The van der Waals surface area contributed by atoms with E-state index in [4.69, 9.17) is 0 Å². The van der Waals surface area contributed by atoms with Gasteiger partial charge in [0.05, 0.1) is 0 Å². The molecule has 0 heteroatoms. The van der Waals surface area contributed by atoms with E-state index in [1.165, 1.54) is 47.6 Å². The molecule has 0 nitrogen and oxygen atoms in total. The Bertz CT molecular complexity index is 517. The molecule has 0 N–H and O–H groups in total. The van der Waals surface area contributed by atoms with Gasteiger partial charge in [0, 0.05) is 0 Å². The molecule has 0 aliphatic heterocycles. The molecule has 0 fully saturated rings. The molecule has 2 aromatic carbocycles. The average Bonchev–Trinajstić information content (AvgIpc) is 2.43. The fraction of sp³-hybridized carbons (Fsp3) is 0.333. The second-order valence-electron chi connectivity index (χ2n) is 4.94. The first-order valence-corrected chi connectivity index (χ1v) is 6.99. The molecule has 2 aromatic rings. The van der Waals surface area contributed by atoms with Crippen LogP contribution in [0.1, 0.15) is 44.6 Å². The lowest BCUT2D eigenvalue weighted by molar-refractivity contribution is 0.679. The summed E-state index contributed by atoms with van der Waals surface area (Å²) in [5.74, 6) is 0. The summed E-state index contributed by atoms with van der Waals surface area (Å²) in [5, 5.41) is 2.64. The topological polar surface area (TPSA) is 0 Å². The zero-order valence-electron chi connectivity index (χ0n) is 11.3. The molecular formula is C18H22. The van der Waals surface area contributed by atoms with Crippen LogP contribution in [-0.2, 0) is 0 Å². The van der Waals surface area contributed by atoms with Gasteiger partial charge in [0.15, 0.2) is 0 Å². The summed E-state index contributed by atoms with van der Waals surface area (Å²) in [4.78, 5) is 0. The van der Waals surface area contributed by atoms with E-state index in [0.29, 0.717) is 0 Å². The quantitative estimate of drug-likeness (QED) is 0.556. The van der Waals surface area contributed by atoms with Gasteiger partial charge in [-0.15, -0.1) is 0 Å². The number of benzene rings is 2. The summed E-state index contributed by atoms with van der Waals surface area (Å²) in [5.41, 5.74) is 2.60. The molecule has 0 saturated carbocycles. The second-order valence-corrected chi connectivity index (χ2v) is 4.94. The van der Waals surface area contributed by atoms with Crippen LogP contribution >= 0.6 is 0 Å². The molecule has 0 aliphatic carbocycles. The third-order valence-corrected chi connectivity index (χ3v) is 3.50. The van der Waals surface area contributed by atoms with E-state index in [-0.39, 0.29) is 0 Å². The molecule has 0 aromatic heterocycles. The van der Waals surface area contributed by atoms with Crippen molar-refractivity contribution in [2.45, 2.75) is 39.0 Å². The van der Waals surface area contributed by atoms with Crippen molar-refractivity contribution in [1.29, 1.82) is 0 Å². The Morgan fingerprint density at radius 1 is 0.944 bits per heavy atom. The van der Waals surface area contributed by atoms with Crippen molar-refractivity contribution in [1.82, 2.24) is 0 Å². The highest BCUT2D eigenvalue weighted by molar-refractivity contribution is 5.93. The molecular weight excluding hydrogens is 216 g/mol. The lowest BCUT2D eigenvalue weighted by Gasteiger charge is -2.09. The molecule has 18 heavy (non-hydrogen) atoms. The van der Waals surface area contributed by atoms with Gasteiger partial charge in [-0.2, -0.15) is 0 Å². The van der Waals surface area contributed by atoms with E-state index >= 15 is 0 Å². The molecule has 0 aliphatic rings. The summed E-state index contributed by atoms with van der Waals surface area (Å²) < 4.78 is 0. The molecule has 2 rings (SSSR count). The smallest absolute Gasteiger partial charge is 0.0109 e. The summed E-state index contributed by atoms with van der Waals surface area (Å²) in [6, 6.07) is 15.1. The maximum Gasteiger partial charge on any atom is -0.0109 e. The van der Waals surface area contributed by atoms with Crippen molar-refractivity contribution in [2.75, 3.05) is 0 Å². The van der Waals surface area contributed by atoms with E-state index in [9.17, 15) is 0 Å². The van der Waals surface area contributed by atoms with E-state index in [0.717, 1.165) is 6.42 Å². The third-order valence-electron chi connectivity index (χ3n) is 3.50. The molecule has 0 heterocycles. The predicted molar refractivity (Wildman–Crippen MR) is 81.7 cm³/mol. The van der Waals surface area contributed by atoms with Crippen LogP contribution in [0.5, 0.6) is 0 Å². The van der Waals surface area contributed by atoms with Gasteiger partial charge >= 0.3 is 0 Å². The van der Waals surface area contributed by atoms with Crippen molar-refractivity contribution in [3.8, 4) is 0 Å². The lowest BCUT2D eigenvalue weighted by atomic mass is 9.95. The number of hydrogen-bond acceptors (Lipinski definition) is 0. The molecule has 0 spiro atoms. The van der Waals surface area contributed by atoms with Gasteiger partial charge < -0.3 is 0 Å². The number of unbranched alkanes of at least 4 members (excludes halogenated alkanes) is 3. The Morgan fingerprint density at radius 3 is 2.56 bits per heavy atom. The van der Waals surface area contributed by atoms with Crippen molar-refractivity contribution >= 4 is 16.3 Å². The fourth-order valence-electron chi connectivity index (χ4n) is 2.43. The molecule has 0 unspecified atom stereocenters. The van der Waals surface area contributed by atoms with Crippen LogP contribution in [0.25, 0.3) is 16.3 Å². The lowest BCUT2D eigenvalue weighted by Crippen LogP contribution is -1.86. The van der Waals surface area contributed by atoms with Crippen LogP contribution in [0.15, 0.2) is 49.0 Å². The van der Waals surface area contributed by atoms with E-state index < -0.39 is 0 Å². The van der Waals surface area contributed by atoms with Crippen LogP contribution in [0.3, 0.4) is 0 Å². The maximum absolute atomic E-state index is 4.27. The Balaban J connectivity index is 2.13. The first-order chi connectivity index (χ1) is 8.83. The van der Waals surface area contributed by atoms with Crippen molar-refractivity contribution in [3.63, 3.8) is 0 Å². The number of allylic oxidation sites excluding steroid dienone is 1. The van der Waals surface area contributed by atoms with E-state index in [1.807, 2.05) is 0 Å². The Morgan fingerprint density at radius 2 is 1.72 bits per heavy atom. The molecule has 94 valence electrons. The maximum atomic E-state index is 4.27. The summed E-state index contributed by atoms with van der Waals surface area (Å²) in [6.45, 7) is 6.52. The van der Waals surface area contributed by atoms with Crippen LogP contribution in [0.2, 0.25) is 0 Å². The SMILES string of the molecule is C=C(CCCCCC)c1cccc2ccccc12. The summed E-state index contributed by atoms with van der Waals surface area (Å²) in [6.07, 6.45) is 6.33. The monoisotopic (exact) mass is 238 g/mol. The van der Waals surface area contributed by atoms with Gasteiger partial charge in [0.25, 0.3) is 0 Å². The number of hydrogen-bond donors (Lipinski definition) is 0. The van der Waals surface area contributed by atoms with Crippen LogP contribution in [0.4, 0.5) is 0 Å². The molecule has 0 bridgehead atoms. The first-order valence-electron chi connectivity index (χ1n) is 6.99. The fourth-order valence-corrected chi connectivity index (χ4v) is 2.43. The van der Waals surface area contributed by atoms with Gasteiger partial charge in [-0.1, -0.05) is 75.2 Å². The van der Waals surface area contributed by atoms with E-state index in [1.54, 1.807) is 0 Å². The van der Waals surface area contributed by atoms with Crippen molar-refractivity contribution < 1.29 is 0 Å². The number of rotatable bonds is 6. The first kappa shape index (κ1) is 12.9. The standard InChI is InChI=1S/C18H22/c1-3-4-5-6-10-15(2)17-14-9-12-16-11-7-8-13-18(16)17/h7-9,11-14H,2-6,10H2,1H3. The minimum atomic E-state index is 1.12. The minimum absolute atomic E-state index is 1.12. The largest absolute Gasteiger partial charge is 0.0952 e. The van der Waals surface area contributed by atoms with Gasteiger partial charge in [-0.3, -0.25) is 0 Å². The number of fused-ring (bicyclic) bond motifs is 1. The van der Waals surface area contributed by atoms with Crippen LogP contribution < -0.4 is 0 Å². The summed E-state index contributed by atoms with van der Waals surface area (Å²) in [7, 11) is 0. The molecule has 0 radical (unpaired) electrons. The van der Waals surface area contributed by atoms with Crippen LogP contribution in [-0.4, -0.2) is 0 Å². The highest BCUT2D eigenvalue weighted by atomic mass is 14.1. The Kier molecular flexibility index (Phi) is 4.58. The predicted octanol–water partition coefficient (Wildman–Crippen LogP) is 5.82. The van der Waals surface area contributed by atoms with Crippen LogP contribution in [0, 0.1) is 0 Å². The van der Waals surface area contributed by atoms with Gasteiger partial charge in [0.1, 0.15) is 0 Å². The van der Waals surface area contributed by atoms with Crippen molar-refractivity contribution in [2.24, 2.45) is 0 Å². The Hall–Kier alpha value is -1.56. The molecule has 0 saturated heterocycles. The average molecular weight is 238 g/mol. The molecule has 0 atom stereocenters. The minimum Gasteiger partial charge on any atom is -0.0952 e. The Labute approximate surface area is 110 Å². The zero-order chi connectivity index (χ0) is 12.8. The highest BCUT2D eigenvalue weighted by Gasteiger charge is 2.03. The zero-order valence-corrected chi connectivity index (χ0v) is 11.3. The normalized spacial score (nSPS) is 10.7. The van der Waals surface area contributed by atoms with Gasteiger partial charge in [0.2, 0.25) is 0 Å².